The van der Waals surface area contributed by atoms with Crippen molar-refractivity contribution in [3.63, 3.8) is 0 Å². The maximum atomic E-state index is 12.9. The molecule has 0 fully saturated rings. The van der Waals surface area contributed by atoms with Gasteiger partial charge in [-0.05, 0) is 11.6 Å². The Morgan fingerprint density at radius 1 is 1.37 bits per heavy atom. The highest BCUT2D eigenvalue weighted by atomic mass is 19.4. The molecule has 2 aromatic rings. The van der Waals surface area contributed by atoms with E-state index in [-0.39, 0.29) is 12.1 Å². The number of hydrogen-bond acceptors (Lipinski definition) is 3. The first-order chi connectivity index (χ1) is 8.88. The molecule has 1 aromatic carbocycles. The average molecular weight is 271 g/mol. The molecular weight excluding hydrogens is 263 g/mol. The number of nitro benzene ring substituents is 1. The van der Waals surface area contributed by atoms with E-state index in [9.17, 15) is 23.3 Å². The van der Waals surface area contributed by atoms with Crippen LogP contribution in [0, 0.1) is 10.1 Å². The Hall–Kier alpha value is -2.38. The van der Waals surface area contributed by atoms with Gasteiger partial charge < -0.3 is 4.57 Å². The summed E-state index contributed by atoms with van der Waals surface area (Å²) < 4.78 is 40.1. The number of nitrogens with zero attached hydrogens (tertiary/aromatic N) is 3. The zero-order valence-corrected chi connectivity index (χ0v) is 9.46. The summed E-state index contributed by atoms with van der Waals surface area (Å²) in [6, 6.07) is 2.72. The molecule has 100 valence electrons. The zero-order valence-electron chi connectivity index (χ0n) is 9.46. The van der Waals surface area contributed by atoms with Gasteiger partial charge in [-0.3, -0.25) is 10.1 Å². The first-order valence-corrected chi connectivity index (χ1v) is 5.18. The van der Waals surface area contributed by atoms with Gasteiger partial charge in [0.15, 0.2) is 0 Å². The number of nitro groups is 1. The van der Waals surface area contributed by atoms with Gasteiger partial charge >= 0.3 is 6.18 Å². The molecule has 0 aliphatic carbocycles. The van der Waals surface area contributed by atoms with Crippen LogP contribution in [0.5, 0.6) is 0 Å². The lowest BCUT2D eigenvalue weighted by atomic mass is 10.1. The number of hydrogen-bond donors (Lipinski definition) is 0. The largest absolute Gasteiger partial charge is 0.416 e. The van der Waals surface area contributed by atoms with Crippen LogP contribution in [0.3, 0.4) is 0 Å². The maximum absolute atomic E-state index is 12.9. The van der Waals surface area contributed by atoms with Crippen molar-refractivity contribution < 1.29 is 18.1 Å². The van der Waals surface area contributed by atoms with Gasteiger partial charge in [0.1, 0.15) is 0 Å². The normalized spacial score (nSPS) is 11.5. The molecule has 0 atom stereocenters. The Kier molecular flexibility index (Phi) is 3.24. The number of non-ortho nitro benzene ring substituents is 1. The molecule has 0 bridgehead atoms. The Balaban J connectivity index is 2.45. The lowest BCUT2D eigenvalue weighted by molar-refractivity contribution is -0.385. The molecule has 2 rings (SSSR count). The molecule has 19 heavy (non-hydrogen) atoms. The summed E-state index contributed by atoms with van der Waals surface area (Å²) in [6.45, 7) is -0.0488. The van der Waals surface area contributed by atoms with E-state index in [2.05, 4.69) is 4.98 Å². The van der Waals surface area contributed by atoms with Crippen molar-refractivity contribution >= 4 is 5.69 Å². The van der Waals surface area contributed by atoms with E-state index < -0.39 is 22.4 Å². The van der Waals surface area contributed by atoms with Gasteiger partial charge in [-0.25, -0.2) is 4.98 Å². The molecule has 0 saturated heterocycles. The van der Waals surface area contributed by atoms with E-state index >= 15 is 0 Å². The van der Waals surface area contributed by atoms with E-state index in [0.29, 0.717) is 6.07 Å². The smallest absolute Gasteiger partial charge is 0.333 e. The van der Waals surface area contributed by atoms with E-state index in [1.807, 2.05) is 0 Å². The van der Waals surface area contributed by atoms with Crippen molar-refractivity contribution in [1.82, 2.24) is 9.55 Å². The Bertz CT molecular complexity index is 594. The summed E-state index contributed by atoms with van der Waals surface area (Å²) in [5.41, 5.74) is -1.63. The van der Waals surface area contributed by atoms with E-state index in [1.165, 1.54) is 23.3 Å². The Labute approximate surface area is 105 Å². The third-order valence-electron chi connectivity index (χ3n) is 2.52. The molecule has 0 saturated carbocycles. The number of rotatable bonds is 3. The third-order valence-corrected chi connectivity index (χ3v) is 2.52. The fourth-order valence-corrected chi connectivity index (χ4v) is 1.66. The summed E-state index contributed by atoms with van der Waals surface area (Å²) in [4.78, 5) is 13.4. The quantitative estimate of drug-likeness (QED) is 0.637. The molecule has 1 heterocycles. The molecular formula is C11H8F3N3O2. The highest BCUT2D eigenvalue weighted by Crippen LogP contribution is 2.34. The summed E-state index contributed by atoms with van der Waals surface area (Å²) in [5, 5.41) is 10.5. The van der Waals surface area contributed by atoms with Crippen LogP contribution in [0.2, 0.25) is 0 Å². The van der Waals surface area contributed by atoms with Crippen LogP contribution >= 0.6 is 0 Å². The molecule has 0 unspecified atom stereocenters. The predicted molar refractivity (Wildman–Crippen MR) is 59.4 cm³/mol. The van der Waals surface area contributed by atoms with Crippen LogP contribution in [0.15, 0.2) is 36.9 Å². The summed E-state index contributed by atoms with van der Waals surface area (Å²) in [5.74, 6) is 0. The molecule has 0 radical (unpaired) electrons. The Morgan fingerprint density at radius 2 is 2.11 bits per heavy atom. The fourth-order valence-electron chi connectivity index (χ4n) is 1.66. The lowest BCUT2D eigenvalue weighted by Gasteiger charge is -2.12. The minimum atomic E-state index is -4.64. The molecule has 0 aliphatic rings. The highest BCUT2D eigenvalue weighted by Gasteiger charge is 2.34. The summed E-state index contributed by atoms with van der Waals surface area (Å²) in [7, 11) is 0. The van der Waals surface area contributed by atoms with Gasteiger partial charge in [0, 0.05) is 31.1 Å². The Morgan fingerprint density at radius 3 is 2.63 bits per heavy atom. The van der Waals surface area contributed by atoms with Gasteiger partial charge in [0.05, 0.1) is 16.8 Å². The molecule has 8 heteroatoms. The van der Waals surface area contributed by atoms with Gasteiger partial charge in [0.2, 0.25) is 0 Å². The van der Waals surface area contributed by atoms with Crippen LogP contribution in [-0.4, -0.2) is 14.5 Å². The van der Waals surface area contributed by atoms with Crippen molar-refractivity contribution in [1.29, 1.82) is 0 Å². The molecule has 0 spiro atoms. The zero-order chi connectivity index (χ0) is 14.0. The first-order valence-electron chi connectivity index (χ1n) is 5.18. The number of aromatic nitrogens is 2. The number of benzene rings is 1. The van der Waals surface area contributed by atoms with Crippen molar-refractivity contribution in [3.8, 4) is 0 Å². The van der Waals surface area contributed by atoms with Crippen molar-refractivity contribution in [2.75, 3.05) is 0 Å². The van der Waals surface area contributed by atoms with E-state index in [0.717, 1.165) is 12.1 Å². The second-order valence-electron chi connectivity index (χ2n) is 3.83. The maximum Gasteiger partial charge on any atom is 0.416 e. The summed E-state index contributed by atoms with van der Waals surface area (Å²) >= 11 is 0. The van der Waals surface area contributed by atoms with Crippen LogP contribution in [0.1, 0.15) is 11.1 Å². The topological polar surface area (TPSA) is 61.0 Å². The predicted octanol–water partition coefficient (Wildman–Crippen LogP) is 2.86. The number of halogens is 3. The SMILES string of the molecule is O=[N+]([O-])c1ccc(Cn2ccnc2)c(C(F)(F)F)c1. The monoisotopic (exact) mass is 271 g/mol. The van der Waals surface area contributed by atoms with E-state index in [1.54, 1.807) is 0 Å². The second-order valence-corrected chi connectivity index (χ2v) is 3.83. The van der Waals surface area contributed by atoms with Gasteiger partial charge in [-0.1, -0.05) is 0 Å². The highest BCUT2D eigenvalue weighted by molar-refractivity contribution is 5.41. The number of imidazole rings is 1. The van der Waals surface area contributed by atoms with Crippen LogP contribution in [0.4, 0.5) is 18.9 Å². The van der Waals surface area contributed by atoms with Crippen molar-refractivity contribution in [2.24, 2.45) is 0 Å². The second kappa shape index (κ2) is 4.71. The van der Waals surface area contributed by atoms with Gasteiger partial charge in [0.25, 0.3) is 5.69 Å². The number of alkyl halides is 3. The van der Waals surface area contributed by atoms with Gasteiger partial charge in [-0.15, -0.1) is 0 Å². The average Bonchev–Trinajstić information content (AvgIpc) is 2.80. The molecule has 0 amide bonds. The van der Waals surface area contributed by atoms with Crippen molar-refractivity contribution in [2.45, 2.75) is 12.7 Å². The minimum absolute atomic E-state index is 0.0453. The standard InChI is InChI=1S/C11H8F3N3O2/c12-11(13,14)10-5-9(17(18)19)2-1-8(10)6-16-4-3-15-7-16/h1-5,7H,6H2. The lowest BCUT2D eigenvalue weighted by Crippen LogP contribution is -2.12. The first kappa shape index (κ1) is 13.1. The summed E-state index contributed by atoms with van der Waals surface area (Å²) in [6.07, 6.45) is -0.302. The molecule has 5 nitrogen and oxygen atoms in total. The van der Waals surface area contributed by atoms with E-state index in [4.69, 9.17) is 0 Å². The molecule has 0 aliphatic heterocycles. The molecule has 1 aromatic heterocycles. The van der Waals surface area contributed by atoms with Crippen LogP contribution < -0.4 is 0 Å². The van der Waals surface area contributed by atoms with Crippen LogP contribution in [-0.2, 0) is 12.7 Å². The molecule has 0 N–H and O–H groups in total. The fraction of sp³-hybridized carbons (Fsp3) is 0.182. The van der Waals surface area contributed by atoms with Crippen LogP contribution in [0.25, 0.3) is 0 Å². The van der Waals surface area contributed by atoms with Gasteiger partial charge in [-0.2, -0.15) is 13.2 Å². The van der Waals surface area contributed by atoms with Crippen molar-refractivity contribution in [3.05, 3.63) is 58.2 Å². The third kappa shape index (κ3) is 2.90. The minimum Gasteiger partial charge on any atom is -0.333 e.